The lowest BCUT2D eigenvalue weighted by molar-refractivity contribution is -0.134. The zero-order valence-corrected chi connectivity index (χ0v) is 11.4. The number of carbonyl (C=O) groups is 3. The summed E-state index contributed by atoms with van der Waals surface area (Å²) in [5.41, 5.74) is 0.00565. The van der Waals surface area contributed by atoms with Gasteiger partial charge in [0.15, 0.2) is 0 Å². The SMILES string of the molecule is CCCC1C(=O)NC(=O)N(c2cc(F)cc(Cl)c2)C1=O. The molecule has 0 bridgehead atoms. The first-order valence-electron chi connectivity index (χ1n) is 6.09. The number of hydrogen-bond donors (Lipinski definition) is 1. The van der Waals surface area contributed by atoms with Crippen LogP contribution in [0.25, 0.3) is 0 Å². The predicted octanol–water partition coefficient (Wildman–Crippen LogP) is 2.48. The predicted molar refractivity (Wildman–Crippen MR) is 70.8 cm³/mol. The number of anilines is 1. The second-order valence-corrected chi connectivity index (χ2v) is 4.87. The maximum Gasteiger partial charge on any atom is 0.335 e. The van der Waals surface area contributed by atoms with Crippen LogP contribution in [-0.2, 0) is 9.59 Å². The van der Waals surface area contributed by atoms with Crippen LogP contribution in [0.1, 0.15) is 19.8 Å². The number of carbonyl (C=O) groups excluding carboxylic acids is 3. The third kappa shape index (κ3) is 2.65. The van der Waals surface area contributed by atoms with Crippen molar-refractivity contribution in [3.8, 4) is 0 Å². The second kappa shape index (κ2) is 5.58. The van der Waals surface area contributed by atoms with Crippen molar-refractivity contribution in [2.24, 2.45) is 5.92 Å². The molecule has 2 rings (SSSR count). The van der Waals surface area contributed by atoms with Crippen LogP contribution in [0.4, 0.5) is 14.9 Å². The van der Waals surface area contributed by atoms with Crippen molar-refractivity contribution in [3.05, 3.63) is 29.0 Å². The average molecular weight is 299 g/mol. The van der Waals surface area contributed by atoms with Gasteiger partial charge in [-0.15, -0.1) is 0 Å². The number of rotatable bonds is 3. The van der Waals surface area contributed by atoms with E-state index in [9.17, 15) is 18.8 Å². The van der Waals surface area contributed by atoms with Gasteiger partial charge in [0, 0.05) is 5.02 Å². The van der Waals surface area contributed by atoms with Crippen LogP contribution in [0, 0.1) is 11.7 Å². The van der Waals surface area contributed by atoms with Gasteiger partial charge in [0.25, 0.3) is 0 Å². The molecule has 1 aliphatic heterocycles. The maximum absolute atomic E-state index is 13.3. The highest BCUT2D eigenvalue weighted by atomic mass is 35.5. The third-order valence-corrected chi connectivity index (χ3v) is 3.17. The van der Waals surface area contributed by atoms with Gasteiger partial charge < -0.3 is 0 Å². The van der Waals surface area contributed by atoms with E-state index in [2.05, 4.69) is 5.32 Å². The lowest BCUT2D eigenvalue weighted by atomic mass is 9.99. The Morgan fingerprint density at radius 3 is 2.60 bits per heavy atom. The molecule has 4 amide bonds. The van der Waals surface area contributed by atoms with Gasteiger partial charge in [-0.25, -0.2) is 14.1 Å². The summed E-state index contributed by atoms with van der Waals surface area (Å²) in [7, 11) is 0. The molecule has 0 aromatic heterocycles. The Morgan fingerprint density at radius 2 is 2.00 bits per heavy atom. The molecule has 7 heteroatoms. The number of imide groups is 2. The summed E-state index contributed by atoms with van der Waals surface area (Å²) >= 11 is 5.71. The van der Waals surface area contributed by atoms with Crippen molar-refractivity contribution in [2.75, 3.05) is 4.90 Å². The molecule has 1 aromatic rings. The summed E-state index contributed by atoms with van der Waals surface area (Å²) < 4.78 is 13.3. The smallest absolute Gasteiger partial charge is 0.277 e. The van der Waals surface area contributed by atoms with Gasteiger partial charge in [-0.1, -0.05) is 24.9 Å². The number of benzene rings is 1. The van der Waals surface area contributed by atoms with E-state index in [0.717, 1.165) is 17.0 Å². The first kappa shape index (κ1) is 14.5. The number of hydrogen-bond acceptors (Lipinski definition) is 3. The topological polar surface area (TPSA) is 66.5 Å². The Kier molecular flexibility index (Phi) is 4.04. The van der Waals surface area contributed by atoms with Crippen LogP contribution in [0.2, 0.25) is 5.02 Å². The number of amides is 4. The number of barbiturate groups is 1. The molecule has 1 heterocycles. The fourth-order valence-corrected chi connectivity index (χ4v) is 2.29. The molecule has 1 fully saturated rings. The minimum absolute atomic E-state index is 0.00565. The molecule has 1 unspecified atom stereocenters. The largest absolute Gasteiger partial charge is 0.335 e. The van der Waals surface area contributed by atoms with Crippen molar-refractivity contribution in [2.45, 2.75) is 19.8 Å². The lowest BCUT2D eigenvalue weighted by Crippen LogP contribution is -2.58. The van der Waals surface area contributed by atoms with Crippen molar-refractivity contribution < 1.29 is 18.8 Å². The van der Waals surface area contributed by atoms with Crippen LogP contribution in [-0.4, -0.2) is 17.8 Å². The van der Waals surface area contributed by atoms with Gasteiger partial charge in [0.2, 0.25) is 11.8 Å². The van der Waals surface area contributed by atoms with Crippen molar-refractivity contribution in [3.63, 3.8) is 0 Å². The van der Waals surface area contributed by atoms with Gasteiger partial charge >= 0.3 is 6.03 Å². The fourth-order valence-electron chi connectivity index (χ4n) is 2.07. The number of halogens is 2. The Labute approximate surface area is 119 Å². The molecule has 0 spiro atoms. The van der Waals surface area contributed by atoms with E-state index in [0.29, 0.717) is 12.8 Å². The summed E-state index contributed by atoms with van der Waals surface area (Å²) in [5.74, 6) is -2.90. The van der Waals surface area contributed by atoms with Gasteiger partial charge in [0.05, 0.1) is 5.69 Å². The highest BCUT2D eigenvalue weighted by molar-refractivity contribution is 6.32. The van der Waals surface area contributed by atoms with Crippen molar-refractivity contribution >= 4 is 35.1 Å². The summed E-state index contributed by atoms with van der Waals surface area (Å²) in [4.78, 5) is 36.4. The first-order valence-corrected chi connectivity index (χ1v) is 6.46. The summed E-state index contributed by atoms with van der Waals surface area (Å²) in [6.45, 7) is 1.82. The lowest BCUT2D eigenvalue weighted by Gasteiger charge is -2.30. The zero-order chi connectivity index (χ0) is 14.9. The summed E-state index contributed by atoms with van der Waals surface area (Å²) in [6, 6.07) is 2.48. The van der Waals surface area contributed by atoms with E-state index in [1.165, 1.54) is 6.07 Å². The summed E-state index contributed by atoms with van der Waals surface area (Å²) in [6.07, 6.45) is 0.924. The number of nitrogens with one attached hydrogen (secondary N) is 1. The second-order valence-electron chi connectivity index (χ2n) is 4.44. The molecule has 5 nitrogen and oxygen atoms in total. The Hall–Kier alpha value is -1.95. The van der Waals surface area contributed by atoms with Gasteiger partial charge in [-0.2, -0.15) is 0 Å². The molecule has 1 atom stereocenters. The van der Waals surface area contributed by atoms with E-state index in [1.807, 2.05) is 6.92 Å². The maximum atomic E-state index is 13.3. The zero-order valence-electron chi connectivity index (χ0n) is 10.7. The molecular formula is C13H12ClFN2O3. The van der Waals surface area contributed by atoms with E-state index < -0.39 is 29.6 Å². The minimum atomic E-state index is -0.945. The van der Waals surface area contributed by atoms with E-state index in [4.69, 9.17) is 11.6 Å². The quantitative estimate of drug-likeness (QED) is 0.872. The highest BCUT2D eigenvalue weighted by Crippen LogP contribution is 2.26. The van der Waals surface area contributed by atoms with Crippen LogP contribution < -0.4 is 10.2 Å². The van der Waals surface area contributed by atoms with Crippen LogP contribution in [0.5, 0.6) is 0 Å². The van der Waals surface area contributed by atoms with E-state index >= 15 is 0 Å². The van der Waals surface area contributed by atoms with Gasteiger partial charge in [0.1, 0.15) is 11.7 Å². The Balaban J connectivity index is 2.40. The Morgan fingerprint density at radius 1 is 1.30 bits per heavy atom. The molecular weight excluding hydrogens is 287 g/mol. The van der Waals surface area contributed by atoms with Crippen LogP contribution in [0.15, 0.2) is 18.2 Å². The van der Waals surface area contributed by atoms with Crippen LogP contribution >= 0.6 is 11.6 Å². The molecule has 0 saturated carbocycles. The van der Waals surface area contributed by atoms with Crippen molar-refractivity contribution in [1.29, 1.82) is 0 Å². The molecule has 1 saturated heterocycles. The highest BCUT2D eigenvalue weighted by Gasteiger charge is 2.40. The molecule has 20 heavy (non-hydrogen) atoms. The average Bonchev–Trinajstić information content (AvgIpc) is 2.33. The molecule has 0 aliphatic carbocycles. The molecule has 106 valence electrons. The van der Waals surface area contributed by atoms with E-state index in [-0.39, 0.29) is 10.7 Å². The van der Waals surface area contributed by atoms with E-state index in [1.54, 1.807) is 0 Å². The Bertz CT molecular complexity index is 571. The monoisotopic (exact) mass is 298 g/mol. The number of nitrogens with zero attached hydrogens (tertiary/aromatic N) is 1. The molecule has 1 aliphatic rings. The molecule has 0 radical (unpaired) electrons. The normalized spacial score (nSPS) is 19.2. The fraction of sp³-hybridized carbons (Fsp3) is 0.308. The molecule has 1 N–H and O–H groups in total. The summed E-state index contributed by atoms with van der Waals surface area (Å²) in [5, 5.41) is 2.15. The molecule has 1 aromatic carbocycles. The minimum Gasteiger partial charge on any atom is -0.277 e. The van der Waals surface area contributed by atoms with Gasteiger partial charge in [-0.05, 0) is 24.6 Å². The first-order chi connectivity index (χ1) is 9.43. The third-order valence-electron chi connectivity index (χ3n) is 2.95. The van der Waals surface area contributed by atoms with Crippen molar-refractivity contribution in [1.82, 2.24) is 5.32 Å². The van der Waals surface area contributed by atoms with Crippen LogP contribution in [0.3, 0.4) is 0 Å². The number of urea groups is 1. The van der Waals surface area contributed by atoms with Gasteiger partial charge in [-0.3, -0.25) is 14.9 Å². The standard InChI is InChI=1S/C13H12ClFN2O3/c1-2-3-10-11(18)16-13(20)17(12(10)19)9-5-7(14)4-8(15)6-9/h4-6,10H,2-3H2,1H3,(H,16,18,20).